The van der Waals surface area contributed by atoms with E-state index in [4.69, 9.17) is 5.73 Å². The number of amides is 1. The van der Waals surface area contributed by atoms with Gasteiger partial charge in [0.2, 0.25) is 0 Å². The molecule has 3 aromatic rings. The Hall–Kier alpha value is -3.12. The van der Waals surface area contributed by atoms with Gasteiger partial charge in [0.15, 0.2) is 0 Å². The third-order valence-electron chi connectivity index (χ3n) is 3.71. The first-order valence-electron chi connectivity index (χ1n) is 7.52. The minimum Gasteiger partial charge on any atom is -0.465 e. The lowest BCUT2D eigenvalue weighted by atomic mass is 10.1. The van der Waals surface area contributed by atoms with Crippen molar-refractivity contribution < 1.29 is 14.3 Å². The molecule has 0 bridgehead atoms. The molecule has 0 saturated heterocycles. The predicted octanol–water partition coefficient (Wildman–Crippen LogP) is 4.04. The molecule has 1 amide bonds. The fourth-order valence-electron chi connectivity index (χ4n) is 2.39. The van der Waals surface area contributed by atoms with Crippen LogP contribution in [0.15, 0.2) is 60.0 Å². The number of esters is 1. The van der Waals surface area contributed by atoms with Crippen LogP contribution in [-0.4, -0.2) is 19.0 Å². The number of benzene rings is 2. The maximum Gasteiger partial charge on any atom is 0.337 e. The van der Waals surface area contributed by atoms with Crippen molar-refractivity contribution >= 4 is 34.6 Å². The van der Waals surface area contributed by atoms with E-state index >= 15 is 0 Å². The topological polar surface area (TPSA) is 81.4 Å². The van der Waals surface area contributed by atoms with Crippen LogP contribution >= 0.6 is 11.3 Å². The lowest BCUT2D eigenvalue weighted by molar-refractivity contribution is 0.0600. The first kappa shape index (κ1) is 16.7. The Morgan fingerprint density at radius 3 is 2.36 bits per heavy atom. The van der Waals surface area contributed by atoms with Gasteiger partial charge in [-0.15, -0.1) is 11.3 Å². The number of rotatable bonds is 4. The van der Waals surface area contributed by atoms with E-state index in [-0.39, 0.29) is 5.91 Å². The second kappa shape index (κ2) is 7.19. The van der Waals surface area contributed by atoms with E-state index < -0.39 is 5.97 Å². The van der Waals surface area contributed by atoms with Crippen molar-refractivity contribution in [3.63, 3.8) is 0 Å². The predicted molar refractivity (Wildman–Crippen MR) is 99.9 cm³/mol. The minimum absolute atomic E-state index is 0.300. The molecular weight excluding hydrogens is 336 g/mol. The number of thiophene rings is 1. The van der Waals surface area contributed by atoms with Crippen molar-refractivity contribution in [2.75, 3.05) is 18.2 Å². The number of nitrogens with one attached hydrogen (secondary N) is 1. The molecule has 0 saturated carbocycles. The number of hydrogen-bond donors (Lipinski definition) is 2. The number of methoxy groups -OCH3 is 1. The van der Waals surface area contributed by atoms with E-state index in [1.54, 1.807) is 41.7 Å². The maximum absolute atomic E-state index is 12.4. The van der Waals surface area contributed by atoms with Gasteiger partial charge in [0.25, 0.3) is 5.91 Å². The van der Waals surface area contributed by atoms with E-state index in [1.807, 2.05) is 29.6 Å². The summed E-state index contributed by atoms with van der Waals surface area (Å²) in [4.78, 5) is 24.9. The highest BCUT2D eigenvalue weighted by Gasteiger charge is 2.13. The fourth-order valence-corrected chi connectivity index (χ4v) is 3.16. The molecule has 0 unspecified atom stereocenters. The van der Waals surface area contributed by atoms with Crippen LogP contribution in [0, 0.1) is 0 Å². The molecule has 126 valence electrons. The van der Waals surface area contributed by atoms with Crippen LogP contribution in [0.1, 0.15) is 20.7 Å². The van der Waals surface area contributed by atoms with Gasteiger partial charge in [0.05, 0.1) is 24.0 Å². The summed E-state index contributed by atoms with van der Waals surface area (Å²) < 4.78 is 4.64. The summed E-state index contributed by atoms with van der Waals surface area (Å²) in [5.74, 6) is -0.744. The Morgan fingerprint density at radius 1 is 1.00 bits per heavy atom. The molecule has 0 aliphatic rings. The normalized spacial score (nSPS) is 10.3. The lowest BCUT2D eigenvalue weighted by Gasteiger charge is -2.11. The molecule has 0 spiro atoms. The summed E-state index contributed by atoms with van der Waals surface area (Å²) in [6.45, 7) is 0. The van der Waals surface area contributed by atoms with Gasteiger partial charge in [-0.1, -0.05) is 18.2 Å². The summed E-state index contributed by atoms with van der Waals surface area (Å²) in [5, 5.41) is 4.79. The van der Waals surface area contributed by atoms with Gasteiger partial charge < -0.3 is 15.8 Å². The molecule has 1 aromatic heterocycles. The zero-order valence-electron chi connectivity index (χ0n) is 13.5. The monoisotopic (exact) mass is 352 g/mol. The van der Waals surface area contributed by atoms with Gasteiger partial charge >= 0.3 is 5.97 Å². The van der Waals surface area contributed by atoms with Crippen LogP contribution < -0.4 is 11.1 Å². The SMILES string of the molecule is COC(=O)c1ccc(C(=O)Nc2cccc(-c3cccs3)c2N)cc1. The Morgan fingerprint density at radius 2 is 1.72 bits per heavy atom. The van der Waals surface area contributed by atoms with Crippen molar-refractivity contribution in [1.82, 2.24) is 0 Å². The Labute approximate surface area is 149 Å². The van der Waals surface area contributed by atoms with E-state index in [0.29, 0.717) is 22.5 Å². The summed E-state index contributed by atoms with van der Waals surface area (Å²) in [6, 6.07) is 15.7. The standard InChI is InChI=1S/C19H16N2O3S/c1-24-19(23)13-9-7-12(8-10-13)18(22)21-15-5-2-4-14(17(15)20)16-6-3-11-25-16/h2-11H,20H2,1H3,(H,21,22). The van der Waals surface area contributed by atoms with Crippen LogP contribution in [0.5, 0.6) is 0 Å². The number of carbonyl (C=O) groups is 2. The zero-order valence-corrected chi connectivity index (χ0v) is 14.3. The van der Waals surface area contributed by atoms with E-state index in [0.717, 1.165) is 10.4 Å². The number of anilines is 2. The number of nitrogen functional groups attached to an aromatic ring is 1. The van der Waals surface area contributed by atoms with Gasteiger partial charge in [-0.25, -0.2) is 4.79 Å². The third kappa shape index (κ3) is 3.54. The summed E-state index contributed by atoms with van der Waals surface area (Å²) >= 11 is 1.58. The molecule has 2 aromatic carbocycles. The number of ether oxygens (including phenoxy) is 1. The van der Waals surface area contributed by atoms with Crippen LogP contribution in [0.25, 0.3) is 10.4 Å². The van der Waals surface area contributed by atoms with E-state index in [1.165, 1.54) is 7.11 Å². The smallest absolute Gasteiger partial charge is 0.337 e. The van der Waals surface area contributed by atoms with Gasteiger partial charge in [0.1, 0.15) is 0 Å². The van der Waals surface area contributed by atoms with Crippen molar-refractivity contribution in [2.24, 2.45) is 0 Å². The molecular formula is C19H16N2O3S. The Bertz CT molecular complexity index is 903. The van der Waals surface area contributed by atoms with Crippen LogP contribution in [0.3, 0.4) is 0 Å². The molecule has 3 rings (SSSR count). The summed E-state index contributed by atoms with van der Waals surface area (Å²) in [6.07, 6.45) is 0. The van der Waals surface area contributed by atoms with Gasteiger partial charge in [-0.2, -0.15) is 0 Å². The molecule has 6 heteroatoms. The van der Waals surface area contributed by atoms with Gasteiger partial charge in [0, 0.05) is 16.0 Å². The number of carbonyl (C=O) groups excluding carboxylic acids is 2. The third-order valence-corrected chi connectivity index (χ3v) is 4.61. The Balaban J connectivity index is 1.82. The molecule has 0 fully saturated rings. The van der Waals surface area contributed by atoms with Crippen molar-refractivity contribution in [2.45, 2.75) is 0 Å². The molecule has 0 radical (unpaired) electrons. The molecule has 3 N–H and O–H groups in total. The molecule has 0 aliphatic heterocycles. The highest BCUT2D eigenvalue weighted by molar-refractivity contribution is 7.13. The lowest BCUT2D eigenvalue weighted by Crippen LogP contribution is -2.13. The number of nitrogens with two attached hydrogens (primary N) is 1. The maximum atomic E-state index is 12.4. The first-order valence-corrected chi connectivity index (χ1v) is 8.40. The summed E-state index contributed by atoms with van der Waals surface area (Å²) in [5.41, 5.74) is 8.98. The average Bonchev–Trinajstić information content (AvgIpc) is 3.17. The summed E-state index contributed by atoms with van der Waals surface area (Å²) in [7, 11) is 1.31. The van der Waals surface area contributed by atoms with E-state index in [2.05, 4.69) is 10.1 Å². The first-order chi connectivity index (χ1) is 12.1. The highest BCUT2D eigenvalue weighted by atomic mass is 32.1. The zero-order chi connectivity index (χ0) is 17.8. The molecule has 0 aliphatic carbocycles. The average molecular weight is 352 g/mol. The second-order valence-electron chi connectivity index (χ2n) is 5.27. The van der Waals surface area contributed by atoms with Crippen LogP contribution in [-0.2, 0) is 4.74 Å². The largest absolute Gasteiger partial charge is 0.465 e. The fraction of sp³-hybridized carbons (Fsp3) is 0.0526. The van der Waals surface area contributed by atoms with Gasteiger partial charge in [-0.05, 0) is 41.8 Å². The molecule has 25 heavy (non-hydrogen) atoms. The Kier molecular flexibility index (Phi) is 4.81. The second-order valence-corrected chi connectivity index (χ2v) is 6.21. The molecule has 1 heterocycles. The van der Waals surface area contributed by atoms with Crippen molar-refractivity contribution in [1.29, 1.82) is 0 Å². The number of hydrogen-bond acceptors (Lipinski definition) is 5. The van der Waals surface area contributed by atoms with Crippen LogP contribution in [0.2, 0.25) is 0 Å². The highest BCUT2D eigenvalue weighted by Crippen LogP contribution is 2.34. The van der Waals surface area contributed by atoms with Crippen molar-refractivity contribution in [3.8, 4) is 10.4 Å². The minimum atomic E-state index is -0.445. The van der Waals surface area contributed by atoms with E-state index in [9.17, 15) is 9.59 Å². The van der Waals surface area contributed by atoms with Crippen LogP contribution in [0.4, 0.5) is 11.4 Å². The quantitative estimate of drug-likeness (QED) is 0.548. The number of para-hydroxylation sites is 1. The molecule has 5 nitrogen and oxygen atoms in total. The van der Waals surface area contributed by atoms with Crippen molar-refractivity contribution in [3.05, 3.63) is 71.1 Å². The van der Waals surface area contributed by atoms with Gasteiger partial charge in [-0.3, -0.25) is 4.79 Å². The molecule has 0 atom stereocenters.